The Bertz CT molecular complexity index is 385. The van der Waals surface area contributed by atoms with E-state index in [1.807, 2.05) is 6.07 Å². The molecule has 0 heterocycles. The predicted octanol–water partition coefficient (Wildman–Crippen LogP) is 4.28. The summed E-state index contributed by atoms with van der Waals surface area (Å²) < 4.78 is 2.11. The Morgan fingerprint density at radius 2 is 2.06 bits per heavy atom. The van der Waals surface area contributed by atoms with Gasteiger partial charge < -0.3 is 5.32 Å². The number of unbranched alkanes of at least 4 members (excludes halogenated alkanes) is 2. The van der Waals surface area contributed by atoms with Gasteiger partial charge in [0.25, 0.3) is 5.91 Å². The van der Waals surface area contributed by atoms with Crippen LogP contribution in [0, 0.1) is 3.57 Å². The number of carbonyl (C=O) groups excluding carboxylic acids is 1. The lowest BCUT2D eigenvalue weighted by Gasteiger charge is -2.07. The maximum absolute atomic E-state index is 11.9. The number of alkyl halides is 1. The van der Waals surface area contributed by atoms with Crippen molar-refractivity contribution in [2.75, 3.05) is 11.0 Å². The summed E-state index contributed by atoms with van der Waals surface area (Å²) in [6.07, 6.45) is 3.41. The molecule has 94 valence electrons. The standard InChI is InChI=1S/C12H14ClI2NO/c13-9-4-5-11(15)10(8-9)12(17)16-7-3-1-2-6-14/h4-5,8H,1-3,6-7H2,(H,16,17). The molecule has 0 saturated heterocycles. The summed E-state index contributed by atoms with van der Waals surface area (Å²) in [6.45, 7) is 0.734. The van der Waals surface area contributed by atoms with Crippen molar-refractivity contribution >= 4 is 62.7 Å². The minimum Gasteiger partial charge on any atom is -0.352 e. The monoisotopic (exact) mass is 477 g/mol. The highest BCUT2D eigenvalue weighted by atomic mass is 127. The summed E-state index contributed by atoms with van der Waals surface area (Å²) in [5.41, 5.74) is 0.659. The van der Waals surface area contributed by atoms with Gasteiger partial charge in [0.15, 0.2) is 0 Å². The molecule has 0 aliphatic carbocycles. The Labute approximate surface area is 134 Å². The predicted molar refractivity (Wildman–Crippen MR) is 89.2 cm³/mol. The number of hydrogen-bond donors (Lipinski definition) is 1. The molecule has 2 nitrogen and oxygen atoms in total. The lowest BCUT2D eigenvalue weighted by molar-refractivity contribution is 0.0952. The Morgan fingerprint density at radius 1 is 1.29 bits per heavy atom. The van der Waals surface area contributed by atoms with E-state index in [1.54, 1.807) is 12.1 Å². The first kappa shape index (κ1) is 15.5. The number of nitrogens with one attached hydrogen (secondary N) is 1. The highest BCUT2D eigenvalue weighted by Crippen LogP contribution is 2.17. The van der Waals surface area contributed by atoms with Gasteiger partial charge in [-0.2, -0.15) is 0 Å². The van der Waals surface area contributed by atoms with Crippen molar-refractivity contribution in [3.05, 3.63) is 32.4 Å². The average Bonchev–Trinajstić information content (AvgIpc) is 2.32. The second kappa shape index (κ2) is 8.53. The van der Waals surface area contributed by atoms with Gasteiger partial charge >= 0.3 is 0 Å². The first-order valence-electron chi connectivity index (χ1n) is 5.44. The number of benzene rings is 1. The fourth-order valence-corrected chi connectivity index (χ4v) is 2.66. The van der Waals surface area contributed by atoms with Crippen LogP contribution in [0.2, 0.25) is 5.02 Å². The third-order valence-electron chi connectivity index (χ3n) is 2.27. The zero-order valence-corrected chi connectivity index (χ0v) is 14.4. The summed E-state index contributed by atoms with van der Waals surface area (Å²) in [4.78, 5) is 11.9. The smallest absolute Gasteiger partial charge is 0.252 e. The first-order chi connectivity index (χ1) is 8.15. The van der Waals surface area contributed by atoms with E-state index in [1.165, 1.54) is 10.8 Å². The van der Waals surface area contributed by atoms with Gasteiger partial charge in [0.1, 0.15) is 0 Å². The van der Waals surface area contributed by atoms with Crippen LogP contribution in [-0.2, 0) is 0 Å². The molecule has 0 spiro atoms. The third-order valence-corrected chi connectivity index (χ3v) is 4.21. The van der Waals surface area contributed by atoms with Crippen LogP contribution in [0.1, 0.15) is 29.6 Å². The van der Waals surface area contributed by atoms with Crippen LogP contribution in [0.4, 0.5) is 0 Å². The lowest BCUT2D eigenvalue weighted by atomic mass is 10.2. The molecular weight excluding hydrogens is 463 g/mol. The second-order valence-electron chi connectivity index (χ2n) is 3.63. The number of amides is 1. The van der Waals surface area contributed by atoms with Crippen molar-refractivity contribution in [2.45, 2.75) is 19.3 Å². The number of rotatable bonds is 6. The van der Waals surface area contributed by atoms with Crippen LogP contribution in [0.25, 0.3) is 0 Å². The van der Waals surface area contributed by atoms with E-state index in [0.29, 0.717) is 10.6 Å². The summed E-state index contributed by atoms with van der Waals surface area (Å²) in [6, 6.07) is 5.36. The summed E-state index contributed by atoms with van der Waals surface area (Å²) in [5.74, 6) is -0.0358. The van der Waals surface area contributed by atoms with Crippen molar-refractivity contribution in [3.8, 4) is 0 Å². The van der Waals surface area contributed by atoms with Crippen molar-refractivity contribution in [1.82, 2.24) is 5.32 Å². The van der Waals surface area contributed by atoms with E-state index in [9.17, 15) is 4.79 Å². The molecular formula is C12H14ClI2NO. The maximum atomic E-state index is 11.9. The van der Waals surface area contributed by atoms with Crippen molar-refractivity contribution < 1.29 is 4.79 Å². The molecule has 0 atom stereocenters. The average molecular weight is 478 g/mol. The van der Waals surface area contributed by atoms with E-state index >= 15 is 0 Å². The molecule has 0 fully saturated rings. The molecule has 0 aliphatic heterocycles. The SMILES string of the molecule is O=C(NCCCCCI)c1cc(Cl)ccc1I. The Kier molecular flexibility index (Phi) is 7.77. The lowest BCUT2D eigenvalue weighted by Crippen LogP contribution is -2.25. The molecule has 1 rings (SSSR count). The second-order valence-corrected chi connectivity index (χ2v) is 6.31. The van der Waals surface area contributed by atoms with Gasteiger partial charge in [0, 0.05) is 15.1 Å². The molecule has 1 N–H and O–H groups in total. The van der Waals surface area contributed by atoms with E-state index in [0.717, 1.165) is 23.0 Å². The molecule has 1 amide bonds. The Morgan fingerprint density at radius 3 is 2.76 bits per heavy atom. The number of halogens is 3. The van der Waals surface area contributed by atoms with Crippen LogP contribution in [0.3, 0.4) is 0 Å². The fraction of sp³-hybridized carbons (Fsp3) is 0.417. The Hall–Kier alpha value is 0.440. The number of hydrogen-bond acceptors (Lipinski definition) is 1. The number of carbonyl (C=O) groups is 1. The van der Waals surface area contributed by atoms with Gasteiger partial charge in [0.2, 0.25) is 0 Å². The highest BCUT2D eigenvalue weighted by molar-refractivity contribution is 14.1. The molecule has 0 saturated carbocycles. The zero-order chi connectivity index (χ0) is 12.7. The van der Waals surface area contributed by atoms with Crippen LogP contribution in [-0.4, -0.2) is 16.9 Å². The largest absolute Gasteiger partial charge is 0.352 e. The van der Waals surface area contributed by atoms with E-state index in [2.05, 4.69) is 50.5 Å². The molecule has 0 aliphatic rings. The summed E-state index contributed by atoms with van der Waals surface area (Å²) in [7, 11) is 0. The topological polar surface area (TPSA) is 29.1 Å². The van der Waals surface area contributed by atoms with Gasteiger partial charge in [-0.3, -0.25) is 4.79 Å². The van der Waals surface area contributed by atoms with Crippen molar-refractivity contribution in [3.63, 3.8) is 0 Å². The molecule has 5 heteroatoms. The molecule has 1 aromatic carbocycles. The Balaban J connectivity index is 2.44. The minimum absolute atomic E-state index is 0.0358. The van der Waals surface area contributed by atoms with E-state index < -0.39 is 0 Å². The first-order valence-corrected chi connectivity index (χ1v) is 8.42. The molecule has 1 aromatic rings. The van der Waals surface area contributed by atoms with Gasteiger partial charge in [-0.05, 0) is 58.1 Å². The summed E-state index contributed by atoms with van der Waals surface area (Å²) in [5, 5.41) is 3.52. The molecule has 17 heavy (non-hydrogen) atoms. The van der Waals surface area contributed by atoms with Gasteiger partial charge in [0.05, 0.1) is 5.56 Å². The maximum Gasteiger partial charge on any atom is 0.252 e. The zero-order valence-electron chi connectivity index (χ0n) is 9.31. The molecule has 0 unspecified atom stereocenters. The van der Waals surface area contributed by atoms with Gasteiger partial charge in [-0.15, -0.1) is 0 Å². The van der Waals surface area contributed by atoms with Gasteiger partial charge in [-0.25, -0.2) is 0 Å². The fourth-order valence-electron chi connectivity index (χ4n) is 1.36. The van der Waals surface area contributed by atoms with Crippen molar-refractivity contribution in [1.29, 1.82) is 0 Å². The van der Waals surface area contributed by atoms with Crippen LogP contribution < -0.4 is 5.32 Å². The highest BCUT2D eigenvalue weighted by Gasteiger charge is 2.09. The molecule has 0 radical (unpaired) electrons. The van der Waals surface area contributed by atoms with E-state index in [4.69, 9.17) is 11.6 Å². The van der Waals surface area contributed by atoms with Crippen LogP contribution in [0.15, 0.2) is 18.2 Å². The normalized spacial score (nSPS) is 10.3. The molecule has 0 bridgehead atoms. The minimum atomic E-state index is -0.0358. The summed E-state index contributed by atoms with van der Waals surface area (Å²) >= 11 is 10.4. The van der Waals surface area contributed by atoms with E-state index in [-0.39, 0.29) is 5.91 Å². The van der Waals surface area contributed by atoms with Gasteiger partial charge in [-0.1, -0.05) is 40.6 Å². The van der Waals surface area contributed by atoms with Crippen molar-refractivity contribution in [2.24, 2.45) is 0 Å². The van der Waals surface area contributed by atoms with Crippen LogP contribution in [0.5, 0.6) is 0 Å². The third kappa shape index (κ3) is 5.74. The quantitative estimate of drug-likeness (QED) is 0.370. The van der Waals surface area contributed by atoms with Crippen LogP contribution >= 0.6 is 56.8 Å². The molecule has 0 aromatic heterocycles.